The van der Waals surface area contributed by atoms with Crippen LogP contribution < -0.4 is 10.1 Å². The van der Waals surface area contributed by atoms with E-state index in [2.05, 4.69) is 26.2 Å². The number of esters is 1. The lowest BCUT2D eigenvalue weighted by Gasteiger charge is -2.07. The fourth-order valence-electron chi connectivity index (χ4n) is 2.17. The van der Waals surface area contributed by atoms with E-state index in [1.807, 2.05) is 24.3 Å². The van der Waals surface area contributed by atoms with E-state index in [-0.39, 0.29) is 6.61 Å². The lowest BCUT2D eigenvalue weighted by Crippen LogP contribution is -2.23. The van der Waals surface area contributed by atoms with E-state index in [1.165, 1.54) is 11.3 Å². The third-order valence-electron chi connectivity index (χ3n) is 3.42. The average Bonchev–Trinajstić information content (AvgIpc) is 3.13. The van der Waals surface area contributed by atoms with E-state index in [4.69, 9.17) is 21.1 Å². The Labute approximate surface area is 178 Å². The van der Waals surface area contributed by atoms with Crippen molar-refractivity contribution in [3.8, 4) is 17.0 Å². The van der Waals surface area contributed by atoms with Crippen molar-refractivity contribution >= 4 is 55.9 Å². The lowest BCUT2D eigenvalue weighted by molar-refractivity contribution is -0.149. The molecule has 0 radical (unpaired) electrons. The summed E-state index contributed by atoms with van der Waals surface area (Å²) in [5.74, 6) is -0.618. The number of nitrogens with zero attached hydrogens (tertiary/aromatic N) is 1. The van der Waals surface area contributed by atoms with Crippen LogP contribution in [0.2, 0.25) is 5.02 Å². The van der Waals surface area contributed by atoms with Gasteiger partial charge < -0.3 is 9.47 Å². The molecule has 0 bridgehead atoms. The largest absolute Gasteiger partial charge is 0.482 e. The second-order valence-electron chi connectivity index (χ2n) is 5.47. The first kappa shape index (κ1) is 20.3. The quantitative estimate of drug-likeness (QED) is 0.491. The molecule has 0 saturated carbocycles. The van der Waals surface area contributed by atoms with Gasteiger partial charge in [-0.05, 0) is 24.3 Å². The maximum absolute atomic E-state index is 12.0. The van der Waals surface area contributed by atoms with Crippen LogP contribution in [0, 0.1) is 0 Å². The first-order chi connectivity index (χ1) is 13.5. The summed E-state index contributed by atoms with van der Waals surface area (Å²) in [4.78, 5) is 28.0. The third-order valence-corrected chi connectivity index (χ3v) is 5.00. The van der Waals surface area contributed by atoms with Crippen molar-refractivity contribution in [3.05, 3.63) is 63.4 Å². The zero-order chi connectivity index (χ0) is 19.9. The van der Waals surface area contributed by atoms with Crippen LogP contribution in [0.1, 0.15) is 0 Å². The molecule has 2 aromatic carbocycles. The lowest BCUT2D eigenvalue weighted by atomic mass is 10.2. The summed E-state index contributed by atoms with van der Waals surface area (Å²) in [6.45, 7) is -0.723. The number of amides is 1. The van der Waals surface area contributed by atoms with Crippen LogP contribution in [0.15, 0.2) is 58.4 Å². The van der Waals surface area contributed by atoms with Crippen LogP contribution >= 0.6 is 38.9 Å². The first-order valence-electron chi connectivity index (χ1n) is 8.05. The van der Waals surface area contributed by atoms with Crippen molar-refractivity contribution in [2.24, 2.45) is 0 Å². The molecule has 28 heavy (non-hydrogen) atoms. The van der Waals surface area contributed by atoms with Gasteiger partial charge in [0.1, 0.15) is 5.75 Å². The smallest absolute Gasteiger partial charge is 0.344 e. The van der Waals surface area contributed by atoms with Crippen molar-refractivity contribution in [2.45, 2.75) is 0 Å². The Morgan fingerprint density at radius 3 is 2.75 bits per heavy atom. The van der Waals surface area contributed by atoms with E-state index in [9.17, 15) is 9.59 Å². The van der Waals surface area contributed by atoms with Gasteiger partial charge in [0.05, 0.1) is 5.69 Å². The number of ether oxygens (including phenoxy) is 2. The monoisotopic (exact) mass is 480 g/mol. The van der Waals surface area contributed by atoms with Gasteiger partial charge in [-0.1, -0.05) is 51.8 Å². The Morgan fingerprint density at radius 1 is 1.14 bits per heavy atom. The molecule has 0 fully saturated rings. The fourth-order valence-corrected chi connectivity index (χ4v) is 3.50. The third kappa shape index (κ3) is 5.79. The summed E-state index contributed by atoms with van der Waals surface area (Å²) >= 11 is 10.7. The molecule has 0 aliphatic carbocycles. The average molecular weight is 482 g/mol. The number of hydrogen-bond donors (Lipinski definition) is 1. The topological polar surface area (TPSA) is 77.5 Å². The Morgan fingerprint density at radius 2 is 1.96 bits per heavy atom. The van der Waals surface area contributed by atoms with Gasteiger partial charge in [-0.15, -0.1) is 11.3 Å². The highest BCUT2D eigenvalue weighted by Gasteiger charge is 2.12. The molecule has 3 aromatic rings. The Bertz CT molecular complexity index is 995. The highest BCUT2D eigenvalue weighted by Crippen LogP contribution is 2.30. The predicted molar refractivity (Wildman–Crippen MR) is 112 cm³/mol. The predicted octanol–water partition coefficient (Wildman–Crippen LogP) is 4.79. The summed E-state index contributed by atoms with van der Waals surface area (Å²) in [7, 11) is 0. The van der Waals surface area contributed by atoms with Gasteiger partial charge >= 0.3 is 5.97 Å². The van der Waals surface area contributed by atoms with Crippen LogP contribution in [0.4, 0.5) is 5.13 Å². The molecule has 1 amide bonds. The number of nitrogens with one attached hydrogen (secondary N) is 1. The van der Waals surface area contributed by atoms with Gasteiger partial charge in [0.15, 0.2) is 18.3 Å². The number of anilines is 1. The molecule has 0 aliphatic heterocycles. The summed E-state index contributed by atoms with van der Waals surface area (Å²) < 4.78 is 11.0. The normalized spacial score (nSPS) is 10.4. The molecule has 9 heteroatoms. The van der Waals surface area contributed by atoms with E-state index < -0.39 is 18.5 Å². The van der Waals surface area contributed by atoms with Crippen LogP contribution in [0.25, 0.3) is 11.3 Å². The van der Waals surface area contributed by atoms with Gasteiger partial charge in [0.2, 0.25) is 0 Å². The summed E-state index contributed by atoms with van der Waals surface area (Å²) in [5, 5.41) is 5.34. The summed E-state index contributed by atoms with van der Waals surface area (Å²) in [6, 6.07) is 14.3. The molecule has 3 rings (SSSR count). The highest BCUT2D eigenvalue weighted by molar-refractivity contribution is 9.10. The molecule has 1 aromatic heterocycles. The minimum Gasteiger partial charge on any atom is -0.482 e. The van der Waals surface area contributed by atoms with Gasteiger partial charge in [-0.25, -0.2) is 9.78 Å². The highest BCUT2D eigenvalue weighted by atomic mass is 79.9. The summed E-state index contributed by atoms with van der Waals surface area (Å²) in [5.41, 5.74) is 1.43. The Hall–Kier alpha value is -2.42. The number of benzene rings is 2. The number of aromatic nitrogens is 1. The van der Waals surface area contributed by atoms with E-state index >= 15 is 0 Å². The van der Waals surface area contributed by atoms with Crippen molar-refractivity contribution in [1.82, 2.24) is 4.98 Å². The van der Waals surface area contributed by atoms with Crippen molar-refractivity contribution < 1.29 is 19.1 Å². The molecular weight excluding hydrogens is 468 g/mol. The van der Waals surface area contributed by atoms with E-state index in [1.54, 1.807) is 29.6 Å². The number of carbonyl (C=O) groups excluding carboxylic acids is 2. The zero-order valence-corrected chi connectivity index (χ0v) is 17.5. The Kier molecular flexibility index (Phi) is 7.02. The molecule has 144 valence electrons. The molecule has 0 aliphatic rings. The van der Waals surface area contributed by atoms with Gasteiger partial charge in [-0.3, -0.25) is 10.1 Å². The molecule has 0 atom stereocenters. The molecule has 6 nitrogen and oxygen atoms in total. The van der Waals surface area contributed by atoms with Crippen molar-refractivity contribution in [1.29, 1.82) is 0 Å². The minimum atomic E-state index is -0.647. The van der Waals surface area contributed by atoms with E-state index in [0.29, 0.717) is 21.6 Å². The molecule has 0 spiro atoms. The van der Waals surface area contributed by atoms with Gasteiger partial charge in [0.25, 0.3) is 5.91 Å². The number of rotatable bonds is 7. The zero-order valence-electron chi connectivity index (χ0n) is 14.4. The van der Waals surface area contributed by atoms with Crippen LogP contribution in [0.5, 0.6) is 5.75 Å². The molecule has 0 saturated heterocycles. The maximum Gasteiger partial charge on any atom is 0.344 e. The van der Waals surface area contributed by atoms with Crippen LogP contribution in [-0.4, -0.2) is 30.1 Å². The molecule has 0 unspecified atom stereocenters. The molecule has 1 heterocycles. The first-order valence-corrected chi connectivity index (χ1v) is 10.1. The van der Waals surface area contributed by atoms with Gasteiger partial charge in [-0.2, -0.15) is 0 Å². The van der Waals surface area contributed by atoms with E-state index in [0.717, 1.165) is 10.0 Å². The second kappa shape index (κ2) is 9.68. The number of carbonyl (C=O) groups is 2. The molecule has 1 N–H and O–H groups in total. The number of hydrogen-bond acceptors (Lipinski definition) is 6. The second-order valence-corrected chi connectivity index (χ2v) is 7.65. The molecular formula is C19H14BrClN2O4S. The van der Waals surface area contributed by atoms with Gasteiger partial charge in [0, 0.05) is 20.4 Å². The maximum atomic E-state index is 12.0. The number of halogens is 2. The SMILES string of the molecule is O=C(COC(=O)COc1cccc(Br)c1)Nc1nc(-c2ccccc2Cl)cs1. The Balaban J connectivity index is 1.45. The number of thiazole rings is 1. The van der Waals surface area contributed by atoms with Crippen molar-refractivity contribution in [2.75, 3.05) is 18.5 Å². The minimum absolute atomic E-state index is 0.294. The summed E-state index contributed by atoms with van der Waals surface area (Å²) in [6.07, 6.45) is 0. The van der Waals surface area contributed by atoms with Crippen LogP contribution in [-0.2, 0) is 14.3 Å². The fraction of sp³-hybridized carbons (Fsp3) is 0.105. The van der Waals surface area contributed by atoms with Crippen molar-refractivity contribution in [3.63, 3.8) is 0 Å². The standard InChI is InChI=1S/C19H14BrClN2O4S/c20-12-4-3-5-13(8-12)26-10-18(25)27-9-17(24)23-19-22-16(11-28-19)14-6-1-2-7-15(14)21/h1-8,11H,9-10H2,(H,22,23,24). The van der Waals surface area contributed by atoms with Crippen LogP contribution in [0.3, 0.4) is 0 Å².